The molecule has 3 aromatic rings. The van der Waals surface area contributed by atoms with Gasteiger partial charge < -0.3 is 15.7 Å². The van der Waals surface area contributed by atoms with E-state index in [-0.39, 0.29) is 0 Å². The number of para-hydroxylation sites is 1. The van der Waals surface area contributed by atoms with E-state index in [2.05, 4.69) is 17.0 Å². The summed E-state index contributed by atoms with van der Waals surface area (Å²) in [7, 11) is 2.02. The molecule has 3 rings (SSSR count). The molecule has 1 atom stereocenters. The van der Waals surface area contributed by atoms with Crippen LogP contribution in [0.15, 0.2) is 84.9 Å². The van der Waals surface area contributed by atoms with Crippen molar-refractivity contribution in [3.63, 3.8) is 0 Å². The second-order valence-electron chi connectivity index (χ2n) is 6.33. The van der Waals surface area contributed by atoms with E-state index in [1.165, 1.54) is 0 Å². The minimum absolute atomic E-state index is 0.460. The van der Waals surface area contributed by atoms with E-state index in [0.717, 1.165) is 11.3 Å². The number of primary amides is 1. The van der Waals surface area contributed by atoms with Crippen LogP contribution in [0.25, 0.3) is 0 Å². The molecule has 0 aliphatic rings. The van der Waals surface area contributed by atoms with Crippen LogP contribution in [-0.4, -0.2) is 18.1 Å². The van der Waals surface area contributed by atoms with E-state index in [1.807, 2.05) is 43.4 Å². The third-order valence-electron chi connectivity index (χ3n) is 4.54. The molecule has 4 nitrogen and oxygen atoms in total. The lowest BCUT2D eigenvalue weighted by atomic mass is 9.85. The number of nitrogens with zero attached hydrogens (tertiary/aromatic N) is 1. The Hall–Kier alpha value is -3.11. The van der Waals surface area contributed by atoms with E-state index in [1.54, 1.807) is 36.4 Å². The predicted molar refractivity (Wildman–Crippen MR) is 104 cm³/mol. The fourth-order valence-corrected chi connectivity index (χ4v) is 3.03. The Morgan fingerprint density at radius 1 is 0.885 bits per heavy atom. The zero-order valence-electron chi connectivity index (χ0n) is 14.7. The molecule has 3 aromatic carbocycles. The fraction of sp³-hybridized carbons (Fsp3) is 0.136. The first kappa shape index (κ1) is 17.7. The standard InChI is InChI=1S/C22H22N2O2/c1-24(20-10-6-3-7-11-20)16-17-12-14-19(15-13-17)22(26,21(23)25)18-8-4-2-5-9-18/h2-15,26H,16H2,1H3,(H2,23,25). The summed E-state index contributed by atoms with van der Waals surface area (Å²) in [4.78, 5) is 14.2. The van der Waals surface area contributed by atoms with Crippen molar-refractivity contribution in [3.8, 4) is 0 Å². The first-order chi connectivity index (χ1) is 12.5. The van der Waals surface area contributed by atoms with Gasteiger partial charge in [-0.05, 0) is 28.8 Å². The molecule has 132 valence electrons. The first-order valence-corrected chi connectivity index (χ1v) is 8.45. The van der Waals surface area contributed by atoms with E-state index < -0.39 is 11.5 Å². The Labute approximate surface area is 153 Å². The molecule has 3 N–H and O–H groups in total. The SMILES string of the molecule is CN(Cc1ccc(C(O)(C(N)=O)c2ccccc2)cc1)c1ccccc1. The first-order valence-electron chi connectivity index (χ1n) is 8.45. The van der Waals surface area contributed by atoms with Crippen molar-refractivity contribution < 1.29 is 9.90 Å². The van der Waals surface area contributed by atoms with Crippen LogP contribution in [-0.2, 0) is 16.9 Å². The average molecular weight is 346 g/mol. The number of carbonyl (C=O) groups is 1. The third-order valence-corrected chi connectivity index (χ3v) is 4.54. The molecule has 0 fully saturated rings. The number of hydrogen-bond acceptors (Lipinski definition) is 3. The molecule has 0 heterocycles. The largest absolute Gasteiger partial charge is 0.372 e. The predicted octanol–water partition coefficient (Wildman–Crippen LogP) is 3.04. The summed E-state index contributed by atoms with van der Waals surface area (Å²) in [6, 6.07) is 26.2. The topological polar surface area (TPSA) is 66.6 Å². The summed E-state index contributed by atoms with van der Waals surface area (Å²) in [6.07, 6.45) is 0. The van der Waals surface area contributed by atoms with Crippen LogP contribution in [0.1, 0.15) is 16.7 Å². The van der Waals surface area contributed by atoms with Gasteiger partial charge in [-0.1, -0.05) is 72.8 Å². The minimum atomic E-state index is -1.84. The number of anilines is 1. The number of hydrogen-bond donors (Lipinski definition) is 2. The monoisotopic (exact) mass is 346 g/mol. The lowest BCUT2D eigenvalue weighted by Gasteiger charge is -2.26. The molecule has 4 heteroatoms. The highest BCUT2D eigenvalue weighted by molar-refractivity contribution is 5.88. The maximum absolute atomic E-state index is 12.0. The van der Waals surface area contributed by atoms with Gasteiger partial charge in [-0.25, -0.2) is 0 Å². The van der Waals surface area contributed by atoms with Crippen LogP contribution in [0.5, 0.6) is 0 Å². The summed E-state index contributed by atoms with van der Waals surface area (Å²) >= 11 is 0. The van der Waals surface area contributed by atoms with Crippen LogP contribution in [0.4, 0.5) is 5.69 Å². The highest BCUT2D eigenvalue weighted by Crippen LogP contribution is 2.29. The molecule has 0 aromatic heterocycles. The molecule has 0 spiro atoms. The van der Waals surface area contributed by atoms with E-state index >= 15 is 0 Å². The van der Waals surface area contributed by atoms with Crippen molar-refractivity contribution >= 4 is 11.6 Å². The van der Waals surface area contributed by atoms with Crippen molar-refractivity contribution in [3.05, 3.63) is 102 Å². The summed E-state index contributed by atoms with van der Waals surface area (Å²) in [5, 5.41) is 11.0. The highest BCUT2D eigenvalue weighted by Gasteiger charge is 2.37. The lowest BCUT2D eigenvalue weighted by molar-refractivity contribution is -0.133. The number of benzene rings is 3. The second kappa shape index (κ2) is 7.42. The molecular weight excluding hydrogens is 324 g/mol. The number of amides is 1. The van der Waals surface area contributed by atoms with Crippen molar-refractivity contribution in [2.24, 2.45) is 5.73 Å². The second-order valence-corrected chi connectivity index (χ2v) is 6.33. The summed E-state index contributed by atoms with van der Waals surface area (Å²) in [5.74, 6) is -0.794. The van der Waals surface area contributed by atoms with E-state index in [0.29, 0.717) is 17.7 Å². The summed E-state index contributed by atoms with van der Waals surface area (Å²) in [6.45, 7) is 0.713. The normalized spacial score (nSPS) is 13.0. The van der Waals surface area contributed by atoms with E-state index in [4.69, 9.17) is 5.73 Å². The Morgan fingerprint density at radius 2 is 1.38 bits per heavy atom. The molecular formula is C22H22N2O2. The fourth-order valence-electron chi connectivity index (χ4n) is 3.03. The van der Waals surface area contributed by atoms with Gasteiger partial charge in [0.2, 0.25) is 0 Å². The van der Waals surface area contributed by atoms with Crippen LogP contribution in [0.2, 0.25) is 0 Å². The number of aliphatic hydroxyl groups is 1. The Balaban J connectivity index is 1.85. The average Bonchev–Trinajstić information content (AvgIpc) is 2.69. The Kier molecular flexibility index (Phi) is 5.05. The van der Waals surface area contributed by atoms with Crippen molar-refractivity contribution in [2.75, 3.05) is 11.9 Å². The van der Waals surface area contributed by atoms with Crippen molar-refractivity contribution in [1.82, 2.24) is 0 Å². The highest BCUT2D eigenvalue weighted by atomic mass is 16.3. The van der Waals surface area contributed by atoms with Gasteiger partial charge in [-0.3, -0.25) is 4.79 Å². The van der Waals surface area contributed by atoms with Crippen LogP contribution >= 0.6 is 0 Å². The molecule has 0 aliphatic heterocycles. The van der Waals surface area contributed by atoms with Crippen LogP contribution in [0.3, 0.4) is 0 Å². The number of nitrogens with two attached hydrogens (primary N) is 1. The van der Waals surface area contributed by atoms with Gasteiger partial charge in [0.15, 0.2) is 5.60 Å². The molecule has 26 heavy (non-hydrogen) atoms. The van der Waals surface area contributed by atoms with Gasteiger partial charge in [0.05, 0.1) is 0 Å². The number of carbonyl (C=O) groups excluding carboxylic acids is 1. The molecule has 0 saturated carbocycles. The van der Waals surface area contributed by atoms with Gasteiger partial charge in [0.1, 0.15) is 0 Å². The van der Waals surface area contributed by atoms with Gasteiger partial charge >= 0.3 is 0 Å². The maximum atomic E-state index is 12.0. The van der Waals surface area contributed by atoms with Crippen LogP contribution in [0, 0.1) is 0 Å². The van der Waals surface area contributed by atoms with Gasteiger partial charge in [0, 0.05) is 19.3 Å². The minimum Gasteiger partial charge on any atom is -0.372 e. The maximum Gasteiger partial charge on any atom is 0.258 e. The Morgan fingerprint density at radius 3 is 1.92 bits per heavy atom. The lowest BCUT2D eigenvalue weighted by Crippen LogP contribution is -2.42. The quantitative estimate of drug-likeness (QED) is 0.721. The van der Waals surface area contributed by atoms with E-state index in [9.17, 15) is 9.90 Å². The summed E-state index contributed by atoms with van der Waals surface area (Å²) < 4.78 is 0. The van der Waals surface area contributed by atoms with Crippen molar-refractivity contribution in [2.45, 2.75) is 12.1 Å². The third kappa shape index (κ3) is 3.46. The zero-order chi connectivity index (χ0) is 18.6. The molecule has 0 bridgehead atoms. The molecule has 0 radical (unpaired) electrons. The zero-order valence-corrected chi connectivity index (χ0v) is 14.7. The summed E-state index contributed by atoms with van der Waals surface area (Å²) in [5.41, 5.74) is 6.80. The van der Waals surface area contributed by atoms with Crippen molar-refractivity contribution in [1.29, 1.82) is 0 Å². The van der Waals surface area contributed by atoms with Gasteiger partial charge in [0.25, 0.3) is 5.91 Å². The smallest absolute Gasteiger partial charge is 0.258 e. The Bertz CT molecular complexity index is 864. The molecule has 0 aliphatic carbocycles. The molecule has 0 saturated heterocycles. The van der Waals surface area contributed by atoms with Gasteiger partial charge in [-0.2, -0.15) is 0 Å². The number of rotatable bonds is 6. The molecule has 1 unspecified atom stereocenters. The van der Waals surface area contributed by atoms with Gasteiger partial charge in [-0.15, -0.1) is 0 Å². The molecule has 1 amide bonds. The van der Waals surface area contributed by atoms with Crippen LogP contribution < -0.4 is 10.6 Å².